The lowest BCUT2D eigenvalue weighted by atomic mass is 10.1. The highest BCUT2D eigenvalue weighted by Crippen LogP contribution is 2.28. The molecule has 0 spiro atoms. The zero-order valence-electron chi connectivity index (χ0n) is 15.2. The van der Waals surface area contributed by atoms with E-state index in [0.29, 0.717) is 23.1 Å². The second-order valence-corrected chi connectivity index (χ2v) is 9.94. The number of hydrogen-bond acceptors (Lipinski definition) is 4. The summed E-state index contributed by atoms with van der Waals surface area (Å²) in [6, 6.07) is 3.85. The van der Waals surface area contributed by atoms with Crippen LogP contribution in [0.25, 0.3) is 0 Å². The molecular weight excluding hydrogens is 378 g/mol. The minimum atomic E-state index is -2.98. The molecule has 1 atom stereocenters. The van der Waals surface area contributed by atoms with Gasteiger partial charge in [0.2, 0.25) is 0 Å². The minimum Gasteiger partial charge on any atom is -0.344 e. The molecule has 1 fully saturated rings. The average molecular weight is 404 g/mol. The number of likely N-dealkylation sites (N-methyl/N-ethyl adjacent to an activating group) is 1. The van der Waals surface area contributed by atoms with Crippen molar-refractivity contribution < 1.29 is 8.42 Å². The van der Waals surface area contributed by atoms with Gasteiger partial charge < -0.3 is 15.1 Å². The van der Waals surface area contributed by atoms with Gasteiger partial charge in [-0.15, -0.1) is 0 Å². The van der Waals surface area contributed by atoms with Crippen molar-refractivity contribution in [3.05, 3.63) is 28.3 Å². The maximum absolute atomic E-state index is 11.9. The van der Waals surface area contributed by atoms with Crippen LogP contribution in [0, 0.1) is 13.8 Å². The van der Waals surface area contributed by atoms with E-state index < -0.39 is 9.84 Å². The van der Waals surface area contributed by atoms with E-state index in [4.69, 9.17) is 23.8 Å². The van der Waals surface area contributed by atoms with E-state index in [1.165, 1.54) is 0 Å². The van der Waals surface area contributed by atoms with E-state index in [2.05, 4.69) is 10.2 Å². The van der Waals surface area contributed by atoms with Crippen LogP contribution in [0.1, 0.15) is 17.5 Å². The molecule has 1 aromatic carbocycles. The van der Waals surface area contributed by atoms with Crippen molar-refractivity contribution in [1.29, 1.82) is 0 Å². The maximum atomic E-state index is 11.9. The monoisotopic (exact) mass is 403 g/mol. The summed E-state index contributed by atoms with van der Waals surface area (Å²) in [5.74, 6) is 0.381. The number of sulfone groups is 1. The Bertz CT molecular complexity index is 727. The first kappa shape index (κ1) is 20.4. The second-order valence-electron chi connectivity index (χ2n) is 6.92. The number of hydrogen-bond donors (Lipinski definition) is 1. The third-order valence-corrected chi connectivity index (χ3v) is 6.75. The highest BCUT2D eigenvalue weighted by atomic mass is 35.5. The van der Waals surface area contributed by atoms with Gasteiger partial charge in [-0.1, -0.05) is 17.7 Å². The number of nitrogens with zero attached hydrogens (tertiary/aromatic N) is 2. The Morgan fingerprint density at radius 1 is 1.32 bits per heavy atom. The van der Waals surface area contributed by atoms with Crippen LogP contribution in [-0.2, 0) is 9.84 Å². The molecule has 140 valence electrons. The van der Waals surface area contributed by atoms with Gasteiger partial charge in [-0.25, -0.2) is 8.42 Å². The predicted octanol–water partition coefficient (Wildman–Crippen LogP) is 2.70. The summed E-state index contributed by atoms with van der Waals surface area (Å²) in [6.45, 7) is 5.43. The predicted molar refractivity (Wildman–Crippen MR) is 109 cm³/mol. The quantitative estimate of drug-likeness (QED) is 0.763. The van der Waals surface area contributed by atoms with E-state index in [9.17, 15) is 8.42 Å². The lowest BCUT2D eigenvalue weighted by molar-refractivity contribution is 0.289. The SMILES string of the molecule is Cc1cc(C)c(NC(=S)N(CCN(C)C)[C@@H]2CCS(=O)(=O)C2)c(Cl)c1. The molecule has 1 aromatic rings. The van der Waals surface area contributed by atoms with E-state index >= 15 is 0 Å². The Hall–Kier alpha value is -0.890. The van der Waals surface area contributed by atoms with E-state index in [0.717, 1.165) is 23.4 Å². The van der Waals surface area contributed by atoms with E-state index in [-0.39, 0.29) is 17.5 Å². The fourth-order valence-corrected chi connectivity index (χ4v) is 5.47. The molecule has 0 aliphatic carbocycles. The number of benzene rings is 1. The first-order chi connectivity index (χ1) is 11.6. The van der Waals surface area contributed by atoms with Crippen molar-refractivity contribution in [1.82, 2.24) is 9.80 Å². The Morgan fingerprint density at radius 3 is 2.52 bits per heavy atom. The van der Waals surface area contributed by atoms with Gasteiger partial charge >= 0.3 is 0 Å². The van der Waals surface area contributed by atoms with Gasteiger partial charge in [0.05, 0.1) is 22.2 Å². The molecule has 0 unspecified atom stereocenters. The van der Waals surface area contributed by atoms with Crippen LogP contribution in [0.15, 0.2) is 12.1 Å². The second kappa shape index (κ2) is 8.20. The third kappa shape index (κ3) is 5.54. The van der Waals surface area contributed by atoms with Crippen LogP contribution in [0.4, 0.5) is 5.69 Å². The fourth-order valence-electron chi connectivity index (χ4n) is 3.03. The molecule has 5 nitrogen and oxygen atoms in total. The standard InChI is InChI=1S/C17H26ClN3O2S2/c1-12-9-13(2)16(15(18)10-12)19-17(24)21(7-6-20(3)4)14-5-8-25(22,23)11-14/h9-10,14H,5-8,11H2,1-4H3,(H,19,24)/t14-/m1/s1. The first-order valence-electron chi connectivity index (χ1n) is 8.28. The van der Waals surface area contributed by atoms with Crippen LogP contribution in [-0.4, -0.2) is 68.1 Å². The number of aryl methyl sites for hydroxylation is 2. The number of anilines is 1. The molecule has 25 heavy (non-hydrogen) atoms. The van der Waals surface area contributed by atoms with Crippen molar-refractivity contribution in [2.45, 2.75) is 26.3 Å². The summed E-state index contributed by atoms with van der Waals surface area (Å²) in [7, 11) is 0.998. The van der Waals surface area contributed by atoms with E-state index in [1.807, 2.05) is 45.0 Å². The lowest BCUT2D eigenvalue weighted by Gasteiger charge is -2.32. The van der Waals surface area contributed by atoms with E-state index in [1.54, 1.807) is 0 Å². The van der Waals surface area contributed by atoms with Crippen molar-refractivity contribution in [2.75, 3.05) is 44.0 Å². The average Bonchev–Trinajstić information content (AvgIpc) is 2.82. The minimum absolute atomic E-state index is 0.0884. The van der Waals surface area contributed by atoms with Crippen LogP contribution in [0.5, 0.6) is 0 Å². The van der Waals surface area contributed by atoms with Gasteiger partial charge in [0.25, 0.3) is 0 Å². The fraction of sp³-hybridized carbons (Fsp3) is 0.588. The number of thiocarbonyl (C=S) groups is 1. The van der Waals surface area contributed by atoms with Gasteiger partial charge in [-0.05, 0) is 63.8 Å². The molecule has 8 heteroatoms. The molecule has 0 bridgehead atoms. The zero-order chi connectivity index (χ0) is 18.8. The largest absolute Gasteiger partial charge is 0.344 e. The molecular formula is C17H26ClN3O2S2. The lowest BCUT2D eigenvalue weighted by Crippen LogP contribution is -2.46. The van der Waals surface area contributed by atoms with Gasteiger partial charge in [0.15, 0.2) is 14.9 Å². The molecule has 1 saturated heterocycles. The van der Waals surface area contributed by atoms with Gasteiger partial charge in [-0.3, -0.25) is 0 Å². The summed E-state index contributed by atoms with van der Waals surface area (Å²) >= 11 is 12.0. The number of halogens is 1. The van der Waals surface area contributed by atoms with Crippen molar-refractivity contribution in [3.63, 3.8) is 0 Å². The summed E-state index contributed by atoms with van der Waals surface area (Å²) in [6.07, 6.45) is 0.609. The zero-order valence-corrected chi connectivity index (χ0v) is 17.6. The molecule has 0 radical (unpaired) electrons. The normalized spacial score (nSPS) is 19.2. The molecule has 1 aliphatic heterocycles. The summed E-state index contributed by atoms with van der Waals surface area (Å²) in [4.78, 5) is 4.05. The van der Waals surface area contributed by atoms with Crippen molar-refractivity contribution in [3.8, 4) is 0 Å². The Kier molecular flexibility index (Phi) is 6.70. The molecule has 1 heterocycles. The smallest absolute Gasteiger partial charge is 0.173 e. The molecule has 0 aromatic heterocycles. The molecule has 0 saturated carbocycles. The summed E-state index contributed by atoms with van der Waals surface area (Å²) in [5, 5.41) is 4.39. The Labute approximate surface area is 161 Å². The highest BCUT2D eigenvalue weighted by molar-refractivity contribution is 7.91. The summed E-state index contributed by atoms with van der Waals surface area (Å²) < 4.78 is 23.8. The number of rotatable bonds is 5. The first-order valence-corrected chi connectivity index (χ1v) is 10.9. The number of nitrogens with one attached hydrogen (secondary N) is 1. The molecule has 1 aliphatic rings. The highest BCUT2D eigenvalue weighted by Gasteiger charge is 2.33. The van der Waals surface area contributed by atoms with Crippen LogP contribution in [0.2, 0.25) is 5.02 Å². The van der Waals surface area contributed by atoms with Crippen molar-refractivity contribution in [2.24, 2.45) is 0 Å². The Morgan fingerprint density at radius 2 is 2.00 bits per heavy atom. The molecule has 1 N–H and O–H groups in total. The maximum Gasteiger partial charge on any atom is 0.173 e. The molecule has 0 amide bonds. The van der Waals surface area contributed by atoms with Gasteiger partial charge in [-0.2, -0.15) is 0 Å². The molecule has 2 rings (SSSR count). The topological polar surface area (TPSA) is 52.6 Å². The third-order valence-electron chi connectivity index (χ3n) is 4.36. The Balaban J connectivity index is 2.20. The van der Waals surface area contributed by atoms with Crippen LogP contribution < -0.4 is 5.32 Å². The summed E-state index contributed by atoms with van der Waals surface area (Å²) in [5.41, 5.74) is 2.89. The van der Waals surface area contributed by atoms with Crippen molar-refractivity contribution >= 4 is 44.5 Å². The van der Waals surface area contributed by atoms with Crippen LogP contribution >= 0.6 is 23.8 Å². The van der Waals surface area contributed by atoms with Gasteiger partial charge in [0, 0.05) is 19.1 Å². The van der Waals surface area contributed by atoms with Gasteiger partial charge in [0.1, 0.15) is 0 Å². The van der Waals surface area contributed by atoms with Crippen LogP contribution in [0.3, 0.4) is 0 Å².